The van der Waals surface area contributed by atoms with Crippen molar-refractivity contribution in [2.45, 2.75) is 18.6 Å². The number of benzene rings is 2. The highest BCUT2D eigenvalue weighted by molar-refractivity contribution is 7.99. The van der Waals surface area contributed by atoms with Crippen LogP contribution in [0.5, 0.6) is 0 Å². The molecule has 7 heteroatoms. The molecule has 2 aromatic carbocycles. The van der Waals surface area contributed by atoms with E-state index in [1.807, 2.05) is 60.8 Å². The number of thioether (sulfide) groups is 1. The van der Waals surface area contributed by atoms with Gasteiger partial charge in [-0.2, -0.15) is 5.10 Å². The van der Waals surface area contributed by atoms with E-state index in [9.17, 15) is 4.79 Å². The monoisotopic (exact) mass is 420 g/mol. The molecule has 0 saturated heterocycles. The zero-order valence-corrected chi connectivity index (χ0v) is 17.5. The van der Waals surface area contributed by atoms with E-state index in [2.05, 4.69) is 33.3 Å². The van der Waals surface area contributed by atoms with Crippen LogP contribution in [-0.2, 0) is 11.3 Å². The molecule has 0 aliphatic heterocycles. The Morgan fingerprint density at radius 2 is 1.90 bits per heavy atom. The summed E-state index contributed by atoms with van der Waals surface area (Å²) in [5.74, 6) is 0.100. The Morgan fingerprint density at radius 3 is 2.69 bits per heavy atom. The summed E-state index contributed by atoms with van der Waals surface area (Å²) in [6, 6.07) is 22.2. The highest BCUT2D eigenvalue weighted by atomic mass is 32.2. The number of fused-ring (bicyclic) bond motifs is 1. The third-order valence-corrected chi connectivity index (χ3v) is 6.32. The number of aromatic nitrogens is 2. The molecule has 1 N–H and O–H groups in total. The smallest absolute Gasteiger partial charge is 0.250 e. The lowest BCUT2D eigenvalue weighted by Gasteiger charge is -2.09. The third kappa shape index (κ3) is 4.75. The number of imidazole rings is 1. The van der Waals surface area contributed by atoms with E-state index in [1.54, 1.807) is 11.3 Å². The van der Waals surface area contributed by atoms with Crippen molar-refractivity contribution in [3.8, 4) is 0 Å². The molecule has 0 radical (unpaired) electrons. The number of nitrogens with zero attached hydrogens (tertiary/aromatic N) is 3. The van der Waals surface area contributed by atoms with Gasteiger partial charge < -0.3 is 4.57 Å². The number of para-hydroxylation sites is 2. The number of amides is 1. The number of hydrogen-bond donors (Lipinski definition) is 1. The Kier molecular flexibility index (Phi) is 6.07. The molecule has 0 aliphatic rings. The Morgan fingerprint density at radius 1 is 1.10 bits per heavy atom. The average Bonchev–Trinajstić information content (AvgIpc) is 3.40. The van der Waals surface area contributed by atoms with Gasteiger partial charge in [0.15, 0.2) is 5.16 Å². The predicted molar refractivity (Wildman–Crippen MR) is 121 cm³/mol. The van der Waals surface area contributed by atoms with Gasteiger partial charge in [0.25, 0.3) is 5.91 Å². The Balaban J connectivity index is 1.48. The molecule has 4 rings (SSSR count). The largest absolute Gasteiger partial charge is 0.314 e. The van der Waals surface area contributed by atoms with Crippen molar-refractivity contribution < 1.29 is 4.79 Å². The van der Waals surface area contributed by atoms with Crippen LogP contribution in [0.2, 0.25) is 0 Å². The van der Waals surface area contributed by atoms with Crippen LogP contribution in [0.15, 0.2) is 82.4 Å². The lowest BCUT2D eigenvalue weighted by Crippen LogP contribution is -2.21. The van der Waals surface area contributed by atoms with Crippen LogP contribution in [0, 0.1) is 0 Å². The van der Waals surface area contributed by atoms with Gasteiger partial charge in [0.05, 0.1) is 29.0 Å². The van der Waals surface area contributed by atoms with Crippen LogP contribution < -0.4 is 5.43 Å². The Hall–Kier alpha value is -2.90. The minimum atomic E-state index is -0.149. The van der Waals surface area contributed by atoms with Crippen LogP contribution in [0.4, 0.5) is 0 Å². The van der Waals surface area contributed by atoms with Crippen LogP contribution >= 0.6 is 23.1 Å². The van der Waals surface area contributed by atoms with E-state index >= 15 is 0 Å². The van der Waals surface area contributed by atoms with Crippen LogP contribution in [0.25, 0.3) is 11.0 Å². The lowest BCUT2D eigenvalue weighted by atomic mass is 10.2. The maximum absolute atomic E-state index is 12.3. The fraction of sp³-hybridized carbons (Fsp3) is 0.136. The molecule has 0 saturated carbocycles. The first-order valence-electron chi connectivity index (χ1n) is 9.20. The van der Waals surface area contributed by atoms with Crippen molar-refractivity contribution in [2.75, 3.05) is 5.75 Å². The fourth-order valence-corrected chi connectivity index (χ4v) is 4.41. The lowest BCUT2D eigenvalue weighted by molar-refractivity contribution is -0.118. The Bertz CT molecular complexity index is 1130. The minimum Gasteiger partial charge on any atom is -0.314 e. The summed E-state index contributed by atoms with van der Waals surface area (Å²) < 4.78 is 2.16. The zero-order valence-electron chi connectivity index (χ0n) is 15.9. The maximum Gasteiger partial charge on any atom is 0.250 e. The zero-order chi connectivity index (χ0) is 20.1. The average molecular weight is 421 g/mol. The van der Waals surface area contributed by atoms with Gasteiger partial charge in [0.2, 0.25) is 0 Å². The molecule has 4 aromatic rings. The van der Waals surface area contributed by atoms with Crippen molar-refractivity contribution in [3.63, 3.8) is 0 Å². The quantitative estimate of drug-likeness (QED) is 0.266. The van der Waals surface area contributed by atoms with Crippen LogP contribution in [0.3, 0.4) is 0 Å². The molecule has 0 spiro atoms. The first-order chi connectivity index (χ1) is 14.2. The molecular formula is C22H20N4OS2. The molecule has 5 nitrogen and oxygen atoms in total. The molecule has 0 fully saturated rings. The highest BCUT2D eigenvalue weighted by Crippen LogP contribution is 2.25. The number of hydrazone groups is 1. The number of thiophene rings is 1. The fourth-order valence-electron chi connectivity index (χ4n) is 2.93. The molecular weight excluding hydrogens is 400 g/mol. The molecule has 0 unspecified atom stereocenters. The summed E-state index contributed by atoms with van der Waals surface area (Å²) in [4.78, 5) is 18.1. The topological polar surface area (TPSA) is 59.3 Å². The van der Waals surface area contributed by atoms with Crippen LogP contribution in [-0.4, -0.2) is 26.9 Å². The summed E-state index contributed by atoms with van der Waals surface area (Å²) >= 11 is 3.02. The van der Waals surface area contributed by atoms with E-state index in [1.165, 1.54) is 17.3 Å². The SMILES string of the molecule is CC(=NNC(=O)CSc1nc2ccccc2n1Cc1ccccc1)c1cccs1. The summed E-state index contributed by atoms with van der Waals surface area (Å²) in [5, 5.41) is 7.01. The maximum atomic E-state index is 12.3. The highest BCUT2D eigenvalue weighted by Gasteiger charge is 2.13. The normalized spacial score (nSPS) is 11.7. The molecule has 2 heterocycles. The van der Waals surface area contributed by atoms with Gasteiger partial charge in [0.1, 0.15) is 0 Å². The van der Waals surface area contributed by atoms with E-state index in [0.717, 1.165) is 26.8 Å². The van der Waals surface area contributed by atoms with Crippen molar-refractivity contribution in [3.05, 3.63) is 82.6 Å². The van der Waals surface area contributed by atoms with Gasteiger partial charge >= 0.3 is 0 Å². The molecule has 146 valence electrons. The summed E-state index contributed by atoms with van der Waals surface area (Å²) in [6.07, 6.45) is 0. The number of rotatable bonds is 7. The molecule has 0 aliphatic carbocycles. The first kappa shape index (κ1) is 19.4. The van der Waals surface area contributed by atoms with Crippen molar-refractivity contribution in [1.82, 2.24) is 15.0 Å². The molecule has 2 aromatic heterocycles. The van der Waals surface area contributed by atoms with Gasteiger partial charge in [-0.3, -0.25) is 4.79 Å². The van der Waals surface area contributed by atoms with Gasteiger partial charge in [-0.15, -0.1) is 11.3 Å². The summed E-state index contributed by atoms with van der Waals surface area (Å²) in [7, 11) is 0. The summed E-state index contributed by atoms with van der Waals surface area (Å²) in [5.41, 5.74) is 6.62. The van der Waals surface area contributed by atoms with E-state index in [4.69, 9.17) is 4.98 Å². The van der Waals surface area contributed by atoms with E-state index < -0.39 is 0 Å². The minimum absolute atomic E-state index is 0.149. The second-order valence-electron chi connectivity index (χ2n) is 6.45. The number of carbonyl (C=O) groups excluding carboxylic acids is 1. The van der Waals surface area contributed by atoms with E-state index in [0.29, 0.717) is 6.54 Å². The van der Waals surface area contributed by atoms with Gasteiger partial charge in [-0.25, -0.2) is 10.4 Å². The van der Waals surface area contributed by atoms with Gasteiger partial charge in [0, 0.05) is 4.88 Å². The Labute approximate surface area is 177 Å². The number of nitrogens with one attached hydrogen (secondary N) is 1. The standard InChI is InChI=1S/C22H20N4OS2/c1-16(20-12-7-13-28-20)24-25-21(27)15-29-22-23-18-10-5-6-11-19(18)26(22)14-17-8-3-2-4-9-17/h2-13H,14-15H2,1H3,(H,25,27). The second kappa shape index (κ2) is 9.07. The second-order valence-corrected chi connectivity index (χ2v) is 8.34. The predicted octanol–water partition coefficient (Wildman–Crippen LogP) is 4.78. The molecule has 0 atom stereocenters. The molecule has 0 bridgehead atoms. The first-order valence-corrected chi connectivity index (χ1v) is 11.1. The summed E-state index contributed by atoms with van der Waals surface area (Å²) in [6.45, 7) is 2.60. The third-order valence-electron chi connectivity index (χ3n) is 4.36. The molecule has 1 amide bonds. The van der Waals surface area contributed by atoms with Crippen molar-refractivity contribution in [1.29, 1.82) is 0 Å². The van der Waals surface area contributed by atoms with Crippen molar-refractivity contribution in [2.24, 2.45) is 5.10 Å². The number of carbonyl (C=O) groups is 1. The van der Waals surface area contributed by atoms with Gasteiger partial charge in [-0.1, -0.05) is 60.3 Å². The molecule has 29 heavy (non-hydrogen) atoms. The van der Waals surface area contributed by atoms with Crippen LogP contribution in [0.1, 0.15) is 17.4 Å². The van der Waals surface area contributed by atoms with E-state index in [-0.39, 0.29) is 11.7 Å². The van der Waals surface area contributed by atoms with Gasteiger partial charge in [-0.05, 0) is 36.1 Å². The number of hydrogen-bond acceptors (Lipinski definition) is 5. The van der Waals surface area contributed by atoms with Crippen molar-refractivity contribution >= 4 is 45.8 Å².